The third-order valence-electron chi connectivity index (χ3n) is 4.50. The van der Waals surface area contributed by atoms with Crippen LogP contribution < -0.4 is 5.32 Å². The second-order valence-corrected chi connectivity index (χ2v) is 8.05. The van der Waals surface area contributed by atoms with Crippen molar-refractivity contribution in [2.75, 3.05) is 5.32 Å². The first-order chi connectivity index (χ1) is 13.9. The molecule has 1 atom stereocenters. The largest absolute Gasteiger partial charge is 0.323 e. The minimum Gasteiger partial charge on any atom is -0.323 e. The Labute approximate surface area is 169 Å². The summed E-state index contributed by atoms with van der Waals surface area (Å²) < 4.78 is 42.0. The maximum Gasteiger partial charge on any atom is 0.237 e. The molecule has 1 aromatic heterocycles. The molecule has 1 heterocycles. The zero-order valence-corrected chi connectivity index (χ0v) is 16.2. The van der Waals surface area contributed by atoms with Crippen molar-refractivity contribution in [3.63, 3.8) is 0 Å². The lowest BCUT2D eigenvalue weighted by molar-refractivity contribution is -0.115. The Bertz CT molecular complexity index is 1050. The van der Waals surface area contributed by atoms with Gasteiger partial charge in [-0.05, 0) is 44.0 Å². The van der Waals surface area contributed by atoms with Gasteiger partial charge in [-0.1, -0.05) is 30.0 Å². The number of benzene rings is 2. The van der Waals surface area contributed by atoms with Gasteiger partial charge >= 0.3 is 0 Å². The van der Waals surface area contributed by atoms with Crippen molar-refractivity contribution in [3.8, 4) is 5.69 Å². The van der Waals surface area contributed by atoms with Gasteiger partial charge in [-0.3, -0.25) is 4.79 Å². The number of thioether (sulfide) groups is 1. The van der Waals surface area contributed by atoms with Crippen molar-refractivity contribution < 1.29 is 18.0 Å². The molecule has 150 valence electrons. The van der Waals surface area contributed by atoms with Crippen LogP contribution in [0.4, 0.5) is 18.9 Å². The van der Waals surface area contributed by atoms with Gasteiger partial charge in [-0.15, -0.1) is 5.10 Å². The Kier molecular flexibility index (Phi) is 5.31. The standard InChI is InChI=1S/C20H17F3N4OS/c1-11(19(28)24-15-10-9-14(21)16(22)17(15)23)29-20-25-18(12-7-8-12)27(26-20)13-5-3-2-4-6-13/h2-6,9-12H,7-8H2,1H3,(H,24,28)/t11-/m0/s1. The van der Waals surface area contributed by atoms with Crippen molar-refractivity contribution >= 4 is 23.4 Å². The van der Waals surface area contributed by atoms with Crippen LogP contribution in [0.2, 0.25) is 0 Å². The first-order valence-corrected chi connectivity index (χ1v) is 9.95. The fourth-order valence-electron chi connectivity index (χ4n) is 2.79. The smallest absolute Gasteiger partial charge is 0.237 e. The molecular formula is C20H17F3N4OS. The summed E-state index contributed by atoms with van der Waals surface area (Å²) in [4.78, 5) is 17.0. The number of nitrogens with one attached hydrogen (secondary N) is 1. The highest BCUT2D eigenvalue weighted by molar-refractivity contribution is 8.00. The summed E-state index contributed by atoms with van der Waals surface area (Å²) in [5.41, 5.74) is 0.470. The van der Waals surface area contributed by atoms with Gasteiger partial charge in [-0.2, -0.15) is 0 Å². The number of para-hydroxylation sites is 1. The van der Waals surface area contributed by atoms with Gasteiger partial charge < -0.3 is 5.32 Å². The number of nitrogens with zero attached hydrogens (tertiary/aromatic N) is 3. The Hall–Kier alpha value is -2.81. The van der Waals surface area contributed by atoms with Gasteiger partial charge in [-0.25, -0.2) is 22.8 Å². The van der Waals surface area contributed by atoms with Gasteiger partial charge in [0.05, 0.1) is 16.6 Å². The molecule has 1 amide bonds. The fourth-order valence-corrected chi connectivity index (χ4v) is 3.55. The molecule has 3 aromatic rings. The van der Waals surface area contributed by atoms with Crippen molar-refractivity contribution in [3.05, 3.63) is 65.7 Å². The van der Waals surface area contributed by atoms with E-state index >= 15 is 0 Å². The Morgan fingerprint density at radius 1 is 1.14 bits per heavy atom. The number of anilines is 1. The van der Waals surface area contributed by atoms with Crippen LogP contribution in [0, 0.1) is 17.5 Å². The number of halogens is 3. The average Bonchev–Trinajstić information content (AvgIpc) is 3.49. The summed E-state index contributed by atoms with van der Waals surface area (Å²) in [7, 11) is 0. The summed E-state index contributed by atoms with van der Waals surface area (Å²) in [5.74, 6) is -3.75. The number of hydrogen-bond donors (Lipinski definition) is 1. The van der Waals surface area contributed by atoms with Gasteiger partial charge in [0.25, 0.3) is 0 Å². The number of carbonyl (C=O) groups excluding carboxylic acids is 1. The number of rotatable bonds is 6. The van der Waals surface area contributed by atoms with E-state index in [1.807, 2.05) is 30.3 Å². The lowest BCUT2D eigenvalue weighted by Gasteiger charge is -2.11. The van der Waals surface area contributed by atoms with Crippen LogP contribution in [0.1, 0.15) is 31.5 Å². The maximum absolute atomic E-state index is 13.8. The second-order valence-electron chi connectivity index (χ2n) is 6.75. The molecule has 0 saturated heterocycles. The maximum atomic E-state index is 13.8. The minimum absolute atomic E-state index is 0.345. The van der Waals surface area contributed by atoms with E-state index < -0.39 is 34.3 Å². The van der Waals surface area contributed by atoms with E-state index in [-0.39, 0.29) is 0 Å². The second kappa shape index (κ2) is 7.90. The highest BCUT2D eigenvalue weighted by Gasteiger charge is 2.31. The molecule has 0 radical (unpaired) electrons. The van der Waals surface area contributed by atoms with Crippen molar-refractivity contribution in [2.24, 2.45) is 0 Å². The van der Waals surface area contributed by atoms with Crippen LogP contribution in [0.5, 0.6) is 0 Å². The van der Waals surface area contributed by atoms with Crippen LogP contribution in [-0.2, 0) is 4.79 Å². The molecule has 0 unspecified atom stereocenters. The molecule has 9 heteroatoms. The quantitative estimate of drug-likeness (QED) is 0.466. The number of carbonyl (C=O) groups is 1. The molecule has 2 aromatic carbocycles. The predicted molar refractivity (Wildman–Crippen MR) is 104 cm³/mol. The van der Waals surface area contributed by atoms with E-state index in [9.17, 15) is 18.0 Å². The SMILES string of the molecule is C[C@H](Sc1nc(C2CC2)n(-c2ccccc2)n1)C(=O)Nc1ccc(F)c(F)c1F. The molecule has 1 aliphatic rings. The van der Waals surface area contributed by atoms with Crippen molar-refractivity contribution in [2.45, 2.75) is 36.1 Å². The summed E-state index contributed by atoms with van der Waals surface area (Å²) in [6.07, 6.45) is 2.09. The molecule has 1 fully saturated rings. The van der Waals surface area contributed by atoms with E-state index in [0.717, 1.165) is 48.2 Å². The average molecular weight is 418 g/mol. The molecule has 1 saturated carbocycles. The predicted octanol–water partition coefficient (Wildman–Crippen LogP) is 4.68. The lowest BCUT2D eigenvalue weighted by Crippen LogP contribution is -2.23. The highest BCUT2D eigenvalue weighted by atomic mass is 32.2. The molecule has 1 N–H and O–H groups in total. The van der Waals surface area contributed by atoms with Crippen LogP contribution in [0.3, 0.4) is 0 Å². The summed E-state index contributed by atoms with van der Waals surface area (Å²) >= 11 is 1.11. The Morgan fingerprint density at radius 2 is 1.86 bits per heavy atom. The van der Waals surface area contributed by atoms with E-state index in [2.05, 4.69) is 15.4 Å². The first kappa shape index (κ1) is 19.5. The van der Waals surface area contributed by atoms with Gasteiger partial charge in [0.15, 0.2) is 17.5 Å². The zero-order chi connectivity index (χ0) is 20.5. The fraction of sp³-hybridized carbons (Fsp3) is 0.250. The summed E-state index contributed by atoms with van der Waals surface area (Å²) in [6, 6.07) is 11.3. The van der Waals surface area contributed by atoms with Gasteiger partial charge in [0.2, 0.25) is 11.1 Å². The van der Waals surface area contributed by atoms with Gasteiger partial charge in [0.1, 0.15) is 5.82 Å². The molecule has 1 aliphatic carbocycles. The lowest BCUT2D eigenvalue weighted by atomic mass is 10.2. The van der Waals surface area contributed by atoms with E-state index in [0.29, 0.717) is 11.1 Å². The number of hydrogen-bond acceptors (Lipinski definition) is 4. The van der Waals surface area contributed by atoms with Gasteiger partial charge in [0, 0.05) is 5.92 Å². The van der Waals surface area contributed by atoms with E-state index in [1.165, 1.54) is 0 Å². The molecule has 4 rings (SSSR count). The summed E-state index contributed by atoms with van der Waals surface area (Å²) in [5, 5.41) is 6.54. The molecule has 0 aliphatic heterocycles. The van der Waals surface area contributed by atoms with Crippen molar-refractivity contribution in [1.82, 2.24) is 14.8 Å². The third kappa shape index (κ3) is 4.14. The number of amides is 1. The topological polar surface area (TPSA) is 59.8 Å². The number of aromatic nitrogens is 3. The first-order valence-electron chi connectivity index (χ1n) is 9.07. The molecule has 5 nitrogen and oxygen atoms in total. The highest BCUT2D eigenvalue weighted by Crippen LogP contribution is 2.40. The molecule has 0 spiro atoms. The minimum atomic E-state index is -1.62. The van der Waals surface area contributed by atoms with E-state index in [1.54, 1.807) is 11.6 Å². The zero-order valence-electron chi connectivity index (χ0n) is 15.4. The molecular weight excluding hydrogens is 401 g/mol. The van der Waals surface area contributed by atoms with Crippen LogP contribution >= 0.6 is 11.8 Å². The third-order valence-corrected chi connectivity index (χ3v) is 5.45. The summed E-state index contributed by atoms with van der Waals surface area (Å²) in [6.45, 7) is 1.61. The van der Waals surface area contributed by atoms with Crippen LogP contribution in [-0.4, -0.2) is 25.9 Å². The van der Waals surface area contributed by atoms with E-state index in [4.69, 9.17) is 0 Å². The normalized spacial score (nSPS) is 14.6. The molecule has 29 heavy (non-hydrogen) atoms. The van der Waals surface area contributed by atoms with Crippen molar-refractivity contribution in [1.29, 1.82) is 0 Å². The Balaban J connectivity index is 1.50. The van der Waals surface area contributed by atoms with Crippen LogP contribution in [0.15, 0.2) is 47.6 Å². The molecule has 0 bridgehead atoms. The Morgan fingerprint density at radius 3 is 2.55 bits per heavy atom. The monoisotopic (exact) mass is 418 g/mol. The van der Waals surface area contributed by atoms with Crippen LogP contribution in [0.25, 0.3) is 5.69 Å².